The highest BCUT2D eigenvalue weighted by atomic mass is 79.9. The van der Waals surface area contributed by atoms with Crippen molar-refractivity contribution in [1.29, 1.82) is 0 Å². The van der Waals surface area contributed by atoms with Gasteiger partial charge in [0.1, 0.15) is 5.56 Å². The van der Waals surface area contributed by atoms with Gasteiger partial charge in [0.05, 0.1) is 5.69 Å². The molecule has 0 saturated heterocycles. The van der Waals surface area contributed by atoms with E-state index in [0.29, 0.717) is 17.0 Å². The molecular weight excluding hydrogens is 293 g/mol. The highest BCUT2D eigenvalue weighted by Gasteiger charge is 2.19. The third kappa shape index (κ3) is 2.03. The van der Waals surface area contributed by atoms with Gasteiger partial charge in [0.15, 0.2) is 5.76 Å². The maximum Gasteiger partial charge on any atom is 0.258 e. The first kappa shape index (κ1) is 11.4. The van der Waals surface area contributed by atoms with Gasteiger partial charge in [-0.1, -0.05) is 21.1 Å². The van der Waals surface area contributed by atoms with E-state index in [9.17, 15) is 4.79 Å². The van der Waals surface area contributed by atoms with Crippen LogP contribution in [0.2, 0.25) is 0 Å². The molecule has 5 heteroatoms. The third-order valence-corrected chi connectivity index (χ3v) is 2.88. The molecule has 0 aliphatic rings. The van der Waals surface area contributed by atoms with Crippen LogP contribution in [0.5, 0.6) is 0 Å². The highest BCUT2D eigenvalue weighted by molar-refractivity contribution is 9.10. The topological polar surface area (TPSA) is 43.1 Å². The van der Waals surface area contributed by atoms with E-state index < -0.39 is 5.24 Å². The third-order valence-electron chi connectivity index (χ3n) is 2.17. The smallest absolute Gasteiger partial charge is 0.258 e. The maximum absolute atomic E-state index is 11.2. The number of hydrogen-bond donors (Lipinski definition) is 0. The molecule has 1 heterocycles. The van der Waals surface area contributed by atoms with Crippen molar-refractivity contribution >= 4 is 32.8 Å². The molecule has 0 atom stereocenters. The number of rotatable bonds is 2. The lowest BCUT2D eigenvalue weighted by Crippen LogP contribution is -1.92. The van der Waals surface area contributed by atoms with Gasteiger partial charge in [0.25, 0.3) is 5.24 Å². The summed E-state index contributed by atoms with van der Waals surface area (Å²) >= 11 is 8.82. The average molecular weight is 301 g/mol. The predicted molar refractivity (Wildman–Crippen MR) is 64.6 cm³/mol. The minimum absolute atomic E-state index is 0.323. The molecular formula is C11H7BrClNO2. The minimum atomic E-state index is -0.559. The first-order valence-corrected chi connectivity index (χ1v) is 5.68. The summed E-state index contributed by atoms with van der Waals surface area (Å²) in [4.78, 5) is 11.2. The van der Waals surface area contributed by atoms with E-state index in [4.69, 9.17) is 16.1 Å². The Bertz CT molecular complexity index is 533. The minimum Gasteiger partial charge on any atom is -0.355 e. The second-order valence-corrected chi connectivity index (χ2v) is 4.51. The van der Waals surface area contributed by atoms with Crippen LogP contribution < -0.4 is 0 Å². The Kier molecular flexibility index (Phi) is 3.12. The summed E-state index contributed by atoms with van der Waals surface area (Å²) in [5.74, 6) is 0.407. The summed E-state index contributed by atoms with van der Waals surface area (Å²) in [6, 6.07) is 7.37. The van der Waals surface area contributed by atoms with Crippen molar-refractivity contribution in [3.8, 4) is 11.3 Å². The number of aryl methyl sites for hydroxylation is 1. The molecule has 0 unspecified atom stereocenters. The Hall–Kier alpha value is -1.13. The van der Waals surface area contributed by atoms with Crippen LogP contribution in [0.15, 0.2) is 33.3 Å². The maximum atomic E-state index is 11.2. The summed E-state index contributed by atoms with van der Waals surface area (Å²) in [6.07, 6.45) is 0. The second kappa shape index (κ2) is 4.39. The van der Waals surface area contributed by atoms with Gasteiger partial charge < -0.3 is 4.52 Å². The molecule has 0 N–H and O–H groups in total. The van der Waals surface area contributed by atoms with E-state index in [1.165, 1.54) is 0 Å². The van der Waals surface area contributed by atoms with Crippen molar-refractivity contribution in [3.05, 3.63) is 40.0 Å². The second-order valence-electron chi connectivity index (χ2n) is 3.25. The summed E-state index contributed by atoms with van der Waals surface area (Å²) in [6.45, 7) is 1.68. The molecule has 0 aliphatic heterocycles. The first-order valence-electron chi connectivity index (χ1n) is 4.51. The zero-order chi connectivity index (χ0) is 11.7. The molecule has 82 valence electrons. The highest BCUT2D eigenvalue weighted by Crippen LogP contribution is 2.28. The largest absolute Gasteiger partial charge is 0.355 e. The number of carbonyl (C=O) groups is 1. The first-order chi connectivity index (χ1) is 7.59. The van der Waals surface area contributed by atoms with E-state index in [2.05, 4.69) is 21.1 Å². The van der Waals surface area contributed by atoms with Gasteiger partial charge in [-0.2, -0.15) is 0 Å². The van der Waals surface area contributed by atoms with Gasteiger partial charge in [-0.25, -0.2) is 0 Å². The Morgan fingerprint density at radius 2 is 2.00 bits per heavy atom. The lowest BCUT2D eigenvalue weighted by molar-refractivity contribution is 0.108. The van der Waals surface area contributed by atoms with E-state index in [0.717, 1.165) is 10.0 Å². The summed E-state index contributed by atoms with van der Waals surface area (Å²) in [5.41, 5.74) is 1.59. The standard InChI is InChI=1S/C11H7BrClNO2/c1-6-9(11(13)15)10(16-14-6)7-2-4-8(12)5-3-7/h2-5H,1H3. The quantitative estimate of drug-likeness (QED) is 0.792. The van der Waals surface area contributed by atoms with Crippen molar-refractivity contribution in [1.82, 2.24) is 5.16 Å². The van der Waals surface area contributed by atoms with E-state index in [1.54, 1.807) is 6.92 Å². The molecule has 0 spiro atoms. The Morgan fingerprint density at radius 3 is 2.56 bits per heavy atom. The molecule has 0 radical (unpaired) electrons. The van der Waals surface area contributed by atoms with E-state index >= 15 is 0 Å². The van der Waals surface area contributed by atoms with E-state index in [-0.39, 0.29) is 0 Å². The predicted octanol–water partition coefficient (Wildman–Crippen LogP) is 3.79. The molecule has 0 bridgehead atoms. The summed E-state index contributed by atoms with van der Waals surface area (Å²) in [7, 11) is 0. The molecule has 16 heavy (non-hydrogen) atoms. The number of aromatic nitrogens is 1. The van der Waals surface area contributed by atoms with Gasteiger partial charge >= 0.3 is 0 Å². The lowest BCUT2D eigenvalue weighted by atomic mass is 10.1. The zero-order valence-electron chi connectivity index (χ0n) is 8.33. The van der Waals surface area contributed by atoms with Gasteiger partial charge in [-0.3, -0.25) is 4.79 Å². The van der Waals surface area contributed by atoms with Crippen molar-refractivity contribution in [2.45, 2.75) is 6.92 Å². The van der Waals surface area contributed by atoms with Crippen LogP contribution in [0.4, 0.5) is 0 Å². The molecule has 0 saturated carbocycles. The fourth-order valence-corrected chi connectivity index (χ4v) is 1.89. The molecule has 0 aliphatic carbocycles. The molecule has 0 amide bonds. The van der Waals surface area contributed by atoms with Gasteiger partial charge in [-0.15, -0.1) is 0 Å². The van der Waals surface area contributed by atoms with Crippen LogP contribution in [0.1, 0.15) is 16.1 Å². The lowest BCUT2D eigenvalue weighted by Gasteiger charge is -1.98. The molecule has 2 rings (SSSR count). The fourth-order valence-electron chi connectivity index (χ4n) is 1.40. The number of nitrogens with zero attached hydrogens (tertiary/aromatic N) is 1. The molecule has 0 fully saturated rings. The SMILES string of the molecule is Cc1noc(-c2ccc(Br)cc2)c1C(=O)Cl. The van der Waals surface area contributed by atoms with E-state index in [1.807, 2.05) is 24.3 Å². The van der Waals surface area contributed by atoms with Crippen molar-refractivity contribution in [3.63, 3.8) is 0 Å². The van der Waals surface area contributed by atoms with Crippen molar-refractivity contribution < 1.29 is 9.32 Å². The van der Waals surface area contributed by atoms with Crippen molar-refractivity contribution in [2.24, 2.45) is 0 Å². The van der Waals surface area contributed by atoms with Crippen molar-refractivity contribution in [2.75, 3.05) is 0 Å². The zero-order valence-corrected chi connectivity index (χ0v) is 10.7. The van der Waals surface area contributed by atoms with Crippen LogP contribution in [-0.4, -0.2) is 10.4 Å². The van der Waals surface area contributed by atoms with Gasteiger partial charge in [-0.05, 0) is 42.8 Å². The van der Waals surface area contributed by atoms with Crippen LogP contribution in [0, 0.1) is 6.92 Å². The molecule has 1 aromatic carbocycles. The summed E-state index contributed by atoms with van der Waals surface area (Å²) in [5, 5.41) is 3.19. The Balaban J connectivity index is 2.56. The number of halogens is 2. The number of benzene rings is 1. The van der Waals surface area contributed by atoms with Gasteiger partial charge in [0.2, 0.25) is 0 Å². The van der Waals surface area contributed by atoms with Crippen LogP contribution in [0.25, 0.3) is 11.3 Å². The summed E-state index contributed by atoms with van der Waals surface area (Å²) < 4.78 is 6.06. The van der Waals surface area contributed by atoms with Crippen LogP contribution >= 0.6 is 27.5 Å². The molecule has 2 aromatic rings. The molecule has 1 aromatic heterocycles. The van der Waals surface area contributed by atoms with Crippen LogP contribution in [0.3, 0.4) is 0 Å². The monoisotopic (exact) mass is 299 g/mol. The molecule has 3 nitrogen and oxygen atoms in total. The number of hydrogen-bond acceptors (Lipinski definition) is 3. The Labute approximate surface area is 106 Å². The van der Waals surface area contributed by atoms with Crippen LogP contribution in [-0.2, 0) is 0 Å². The van der Waals surface area contributed by atoms with Gasteiger partial charge in [0, 0.05) is 10.0 Å². The Morgan fingerprint density at radius 1 is 1.38 bits per heavy atom. The average Bonchev–Trinajstić information content (AvgIpc) is 2.61. The fraction of sp³-hybridized carbons (Fsp3) is 0.0909. The number of carbonyl (C=O) groups excluding carboxylic acids is 1. The normalized spacial score (nSPS) is 10.4.